The van der Waals surface area contributed by atoms with Crippen molar-refractivity contribution in [2.45, 2.75) is 65.9 Å². The Balaban J connectivity index is 1.89. The van der Waals surface area contributed by atoms with Crippen molar-refractivity contribution in [1.29, 1.82) is 0 Å². The fraction of sp³-hybridized carbons (Fsp3) is 0.632. The van der Waals surface area contributed by atoms with Gasteiger partial charge in [0.2, 0.25) is 0 Å². The molecule has 1 fully saturated rings. The van der Waals surface area contributed by atoms with Crippen LogP contribution in [-0.2, 0) is 9.78 Å². The number of hydrogen-bond acceptors (Lipinski definition) is 3. The molecule has 0 aromatic heterocycles. The molecule has 0 amide bonds. The Bertz CT molecular complexity index is 502. The van der Waals surface area contributed by atoms with Crippen molar-refractivity contribution in [3.8, 4) is 0 Å². The maximum absolute atomic E-state index is 12.1. The molecule has 0 heterocycles. The van der Waals surface area contributed by atoms with Gasteiger partial charge in [-0.25, -0.2) is 4.79 Å². The first-order chi connectivity index (χ1) is 10.3. The highest BCUT2D eigenvalue weighted by Gasteiger charge is 2.33. The number of benzene rings is 1. The molecule has 1 aliphatic rings. The van der Waals surface area contributed by atoms with E-state index in [1.165, 1.54) is 12.0 Å². The van der Waals surface area contributed by atoms with Crippen LogP contribution in [0.3, 0.4) is 0 Å². The Labute approximate surface area is 133 Å². The Hall–Kier alpha value is -1.35. The molecule has 0 saturated heterocycles. The minimum absolute atomic E-state index is 0.00219. The first-order valence-electron chi connectivity index (χ1n) is 8.24. The number of rotatable bonds is 4. The molecule has 2 unspecified atom stereocenters. The predicted octanol–water partition coefficient (Wildman–Crippen LogP) is 5.11. The summed E-state index contributed by atoms with van der Waals surface area (Å²) in [5.41, 5.74) is 1.99. The zero-order chi connectivity index (χ0) is 16.3. The molecule has 0 spiro atoms. The summed E-state index contributed by atoms with van der Waals surface area (Å²) < 4.78 is 0. The molecule has 2 rings (SSSR count). The van der Waals surface area contributed by atoms with E-state index in [0.29, 0.717) is 17.4 Å². The maximum Gasteiger partial charge on any atom is 0.373 e. The summed E-state index contributed by atoms with van der Waals surface area (Å²) in [6.45, 7) is 11.0. The Morgan fingerprint density at radius 2 is 1.82 bits per heavy atom. The Kier molecular flexibility index (Phi) is 5.28. The van der Waals surface area contributed by atoms with Crippen LogP contribution < -0.4 is 0 Å². The van der Waals surface area contributed by atoms with Gasteiger partial charge in [-0.05, 0) is 54.2 Å². The molecule has 2 atom stereocenters. The van der Waals surface area contributed by atoms with Gasteiger partial charge in [-0.1, -0.05) is 46.8 Å². The van der Waals surface area contributed by atoms with E-state index in [2.05, 4.69) is 34.6 Å². The van der Waals surface area contributed by atoms with Crippen molar-refractivity contribution in [3.05, 3.63) is 35.4 Å². The van der Waals surface area contributed by atoms with Crippen LogP contribution in [0.2, 0.25) is 0 Å². The molecule has 1 aromatic rings. The van der Waals surface area contributed by atoms with Gasteiger partial charge in [0, 0.05) is 0 Å². The highest BCUT2D eigenvalue weighted by Crippen LogP contribution is 2.39. The van der Waals surface area contributed by atoms with Crippen LogP contribution in [0.4, 0.5) is 0 Å². The minimum Gasteiger partial charge on any atom is -0.293 e. The van der Waals surface area contributed by atoms with Gasteiger partial charge in [-0.2, -0.15) is 4.89 Å². The molecule has 0 N–H and O–H groups in total. The van der Waals surface area contributed by atoms with E-state index in [9.17, 15) is 4.79 Å². The van der Waals surface area contributed by atoms with Gasteiger partial charge in [0.25, 0.3) is 0 Å². The fourth-order valence-corrected chi connectivity index (χ4v) is 3.50. The van der Waals surface area contributed by atoms with Crippen LogP contribution in [0, 0.1) is 11.3 Å². The summed E-state index contributed by atoms with van der Waals surface area (Å²) >= 11 is 0. The number of carbonyl (C=O) groups is 1. The van der Waals surface area contributed by atoms with Crippen molar-refractivity contribution in [3.63, 3.8) is 0 Å². The van der Waals surface area contributed by atoms with Crippen LogP contribution >= 0.6 is 0 Å². The molecule has 3 heteroatoms. The van der Waals surface area contributed by atoms with Crippen LogP contribution in [0.25, 0.3) is 0 Å². The number of hydrogen-bond donors (Lipinski definition) is 0. The fourth-order valence-electron chi connectivity index (χ4n) is 3.50. The van der Waals surface area contributed by atoms with Gasteiger partial charge in [0.15, 0.2) is 0 Å². The number of carbonyl (C=O) groups excluding carboxylic acids is 1. The van der Waals surface area contributed by atoms with E-state index in [-0.39, 0.29) is 11.5 Å². The standard InChI is InChI=1S/C19H28O3/c1-13(2)15-6-8-16(9-7-15)18(20)22-21-17-10-14(3)11-19(4,5)12-17/h6-9,13-14,17H,10-12H2,1-5H3. The zero-order valence-electron chi connectivity index (χ0n) is 14.4. The lowest BCUT2D eigenvalue weighted by molar-refractivity contribution is -0.287. The minimum atomic E-state index is -0.411. The molecule has 1 aliphatic carbocycles. The quantitative estimate of drug-likeness (QED) is 0.572. The lowest BCUT2D eigenvalue weighted by Gasteiger charge is -2.37. The average Bonchev–Trinajstić information content (AvgIpc) is 2.42. The summed E-state index contributed by atoms with van der Waals surface area (Å²) in [7, 11) is 0. The smallest absolute Gasteiger partial charge is 0.293 e. The second kappa shape index (κ2) is 6.82. The lowest BCUT2D eigenvalue weighted by Crippen LogP contribution is -2.33. The third kappa shape index (κ3) is 4.57. The van der Waals surface area contributed by atoms with E-state index in [0.717, 1.165) is 12.8 Å². The molecular formula is C19H28O3. The van der Waals surface area contributed by atoms with E-state index in [1.807, 2.05) is 12.1 Å². The topological polar surface area (TPSA) is 35.5 Å². The highest BCUT2D eigenvalue weighted by molar-refractivity contribution is 5.88. The SMILES string of the molecule is CC1CC(OOC(=O)c2ccc(C(C)C)cc2)CC(C)(C)C1. The van der Waals surface area contributed by atoms with Gasteiger partial charge in [0.1, 0.15) is 6.10 Å². The van der Waals surface area contributed by atoms with Crippen LogP contribution in [0.1, 0.15) is 75.7 Å². The third-order valence-corrected chi connectivity index (χ3v) is 4.42. The Morgan fingerprint density at radius 1 is 1.18 bits per heavy atom. The van der Waals surface area contributed by atoms with E-state index in [1.54, 1.807) is 12.1 Å². The van der Waals surface area contributed by atoms with E-state index in [4.69, 9.17) is 9.78 Å². The summed E-state index contributed by atoms with van der Waals surface area (Å²) in [4.78, 5) is 22.6. The maximum atomic E-state index is 12.1. The Morgan fingerprint density at radius 3 is 2.36 bits per heavy atom. The largest absolute Gasteiger partial charge is 0.373 e. The van der Waals surface area contributed by atoms with Crippen LogP contribution in [0.15, 0.2) is 24.3 Å². The van der Waals surface area contributed by atoms with Gasteiger partial charge in [-0.3, -0.25) is 4.89 Å². The molecule has 0 radical (unpaired) electrons. The normalized spacial score (nSPS) is 24.3. The average molecular weight is 304 g/mol. The molecule has 0 bridgehead atoms. The van der Waals surface area contributed by atoms with Crippen molar-refractivity contribution in [2.24, 2.45) is 11.3 Å². The molecular weight excluding hydrogens is 276 g/mol. The summed E-state index contributed by atoms with van der Waals surface area (Å²) in [5, 5.41) is 0. The second-order valence-corrected chi connectivity index (χ2v) is 7.78. The lowest BCUT2D eigenvalue weighted by atomic mass is 9.71. The molecule has 1 aromatic carbocycles. The first kappa shape index (κ1) is 17.0. The molecule has 0 aliphatic heterocycles. The monoisotopic (exact) mass is 304 g/mol. The van der Waals surface area contributed by atoms with E-state index < -0.39 is 5.97 Å². The van der Waals surface area contributed by atoms with Gasteiger partial charge < -0.3 is 0 Å². The summed E-state index contributed by atoms with van der Waals surface area (Å²) in [6, 6.07) is 7.53. The highest BCUT2D eigenvalue weighted by atomic mass is 17.2. The first-order valence-corrected chi connectivity index (χ1v) is 8.24. The molecule has 122 valence electrons. The van der Waals surface area contributed by atoms with Crippen LogP contribution in [0.5, 0.6) is 0 Å². The second-order valence-electron chi connectivity index (χ2n) is 7.78. The molecule has 3 nitrogen and oxygen atoms in total. The van der Waals surface area contributed by atoms with Gasteiger partial charge >= 0.3 is 5.97 Å². The van der Waals surface area contributed by atoms with Crippen molar-refractivity contribution in [2.75, 3.05) is 0 Å². The van der Waals surface area contributed by atoms with Crippen LogP contribution in [-0.4, -0.2) is 12.1 Å². The molecule has 1 saturated carbocycles. The van der Waals surface area contributed by atoms with Crippen molar-refractivity contribution >= 4 is 5.97 Å². The molecule has 22 heavy (non-hydrogen) atoms. The van der Waals surface area contributed by atoms with Gasteiger partial charge in [0.05, 0.1) is 5.56 Å². The van der Waals surface area contributed by atoms with Crippen molar-refractivity contribution < 1.29 is 14.6 Å². The third-order valence-electron chi connectivity index (χ3n) is 4.42. The van der Waals surface area contributed by atoms with Gasteiger partial charge in [-0.15, -0.1) is 0 Å². The van der Waals surface area contributed by atoms with Crippen molar-refractivity contribution in [1.82, 2.24) is 0 Å². The zero-order valence-corrected chi connectivity index (χ0v) is 14.4. The predicted molar refractivity (Wildman–Crippen MR) is 87.6 cm³/mol. The summed E-state index contributed by atoms with van der Waals surface area (Å²) in [6.07, 6.45) is 3.06. The van der Waals surface area contributed by atoms with E-state index >= 15 is 0 Å². The summed E-state index contributed by atoms with van der Waals surface area (Å²) in [5.74, 6) is 0.636.